The van der Waals surface area contributed by atoms with Crippen LogP contribution in [0.3, 0.4) is 0 Å². The molecule has 1 aliphatic rings. The topological polar surface area (TPSA) is 62.7 Å². The van der Waals surface area contributed by atoms with Crippen LogP contribution in [0, 0.1) is 5.82 Å². The summed E-state index contributed by atoms with van der Waals surface area (Å²) in [6.07, 6.45) is 0.736. The van der Waals surface area contributed by atoms with Crippen LogP contribution in [0.2, 0.25) is 5.32 Å². The van der Waals surface area contributed by atoms with Gasteiger partial charge in [0.2, 0.25) is 0 Å². The Morgan fingerprint density at radius 2 is 2.08 bits per heavy atom. The zero-order valence-corrected chi connectivity index (χ0v) is 15.4. The standard InChI is InChI=1S/C18H18FN3O2Se/c1-2-24-14-6-4-13(5-7-14)20-18(23)22-21-16-9-10-25-17-8-3-12(19)11-15(16)17/h3-8,11H,2,9-10H2,1H3,(H2,20,22,23)/b21-16+. The zero-order valence-electron chi connectivity index (χ0n) is 13.7. The molecule has 1 heterocycles. The Hall–Kier alpha value is -2.37. The fourth-order valence-electron chi connectivity index (χ4n) is 2.44. The van der Waals surface area contributed by atoms with Gasteiger partial charge in [0.1, 0.15) is 0 Å². The van der Waals surface area contributed by atoms with Crippen LogP contribution in [0.15, 0.2) is 47.6 Å². The molecule has 3 rings (SSSR count). The number of carbonyl (C=O) groups is 1. The molecule has 0 aliphatic carbocycles. The Morgan fingerprint density at radius 3 is 2.84 bits per heavy atom. The van der Waals surface area contributed by atoms with Gasteiger partial charge in [-0.25, -0.2) is 0 Å². The van der Waals surface area contributed by atoms with Crippen LogP contribution in [0.1, 0.15) is 18.9 Å². The number of hydrazone groups is 1. The minimum atomic E-state index is -0.439. The number of fused-ring (bicyclic) bond motifs is 1. The molecular weight excluding hydrogens is 388 g/mol. The molecule has 0 unspecified atom stereocenters. The zero-order chi connectivity index (χ0) is 17.6. The average Bonchev–Trinajstić information content (AvgIpc) is 2.62. The molecule has 0 atom stereocenters. The molecule has 25 heavy (non-hydrogen) atoms. The van der Waals surface area contributed by atoms with Crippen molar-refractivity contribution in [2.75, 3.05) is 11.9 Å². The second-order valence-corrected chi connectivity index (χ2v) is 7.71. The first-order valence-corrected chi connectivity index (χ1v) is 10.0. The summed E-state index contributed by atoms with van der Waals surface area (Å²) >= 11 is 0.326. The van der Waals surface area contributed by atoms with Crippen molar-refractivity contribution >= 4 is 36.8 Å². The van der Waals surface area contributed by atoms with Gasteiger partial charge in [-0.1, -0.05) is 0 Å². The van der Waals surface area contributed by atoms with Crippen molar-refractivity contribution in [2.45, 2.75) is 18.7 Å². The van der Waals surface area contributed by atoms with Gasteiger partial charge in [-0.15, -0.1) is 0 Å². The van der Waals surface area contributed by atoms with Gasteiger partial charge in [-0.3, -0.25) is 0 Å². The monoisotopic (exact) mass is 407 g/mol. The van der Waals surface area contributed by atoms with Crippen molar-refractivity contribution in [2.24, 2.45) is 5.10 Å². The summed E-state index contributed by atoms with van der Waals surface area (Å²) in [7, 11) is 0. The second kappa shape index (κ2) is 8.14. The average molecular weight is 406 g/mol. The van der Waals surface area contributed by atoms with E-state index in [1.165, 1.54) is 12.1 Å². The Kier molecular flexibility index (Phi) is 5.68. The van der Waals surface area contributed by atoms with Crippen LogP contribution in [0.25, 0.3) is 0 Å². The van der Waals surface area contributed by atoms with Gasteiger partial charge in [0, 0.05) is 0 Å². The molecule has 2 N–H and O–H groups in total. The molecule has 0 radical (unpaired) electrons. The van der Waals surface area contributed by atoms with E-state index in [4.69, 9.17) is 4.74 Å². The molecule has 7 heteroatoms. The summed E-state index contributed by atoms with van der Waals surface area (Å²) in [6, 6.07) is 11.4. The fraction of sp³-hybridized carbons (Fsp3) is 0.222. The van der Waals surface area contributed by atoms with E-state index in [1.807, 2.05) is 6.92 Å². The molecular formula is C18H18FN3O2Se. The molecule has 5 nitrogen and oxygen atoms in total. The van der Waals surface area contributed by atoms with E-state index < -0.39 is 6.03 Å². The molecule has 1 aliphatic heterocycles. The van der Waals surface area contributed by atoms with Crippen LogP contribution in [0.5, 0.6) is 5.75 Å². The maximum absolute atomic E-state index is 13.5. The Balaban J connectivity index is 1.64. The quantitative estimate of drug-likeness (QED) is 0.606. The number of urea groups is 1. The number of hydrogen-bond donors (Lipinski definition) is 2. The summed E-state index contributed by atoms with van der Waals surface area (Å²) in [5, 5.41) is 7.88. The van der Waals surface area contributed by atoms with Gasteiger partial charge in [-0.05, 0) is 6.92 Å². The SMILES string of the molecule is CCOc1ccc(NC(=O)N/N=C2\CC[Se]c3ccc(F)cc32)cc1. The first kappa shape index (κ1) is 17.5. The first-order chi connectivity index (χ1) is 12.2. The Labute approximate surface area is 151 Å². The summed E-state index contributed by atoms with van der Waals surface area (Å²) in [5.41, 5.74) is 4.64. The van der Waals surface area contributed by atoms with Gasteiger partial charge in [-0.2, -0.15) is 0 Å². The van der Waals surface area contributed by atoms with E-state index in [1.54, 1.807) is 30.3 Å². The van der Waals surface area contributed by atoms with Gasteiger partial charge < -0.3 is 0 Å². The Morgan fingerprint density at radius 1 is 1.28 bits per heavy atom. The number of ether oxygens (including phenoxy) is 1. The summed E-state index contributed by atoms with van der Waals surface area (Å²) in [5.74, 6) is 0.458. The third-order valence-electron chi connectivity index (χ3n) is 3.56. The minimum absolute atomic E-state index is 0.289. The number of hydrogen-bond acceptors (Lipinski definition) is 3. The summed E-state index contributed by atoms with van der Waals surface area (Å²) in [6.45, 7) is 2.50. The van der Waals surface area contributed by atoms with Crippen LogP contribution >= 0.6 is 0 Å². The normalized spacial score (nSPS) is 14.7. The number of anilines is 1. The number of rotatable bonds is 4. The van der Waals surface area contributed by atoms with Crippen molar-refractivity contribution in [3.63, 3.8) is 0 Å². The van der Waals surface area contributed by atoms with E-state index in [2.05, 4.69) is 15.8 Å². The van der Waals surface area contributed by atoms with Crippen molar-refractivity contribution in [1.82, 2.24) is 5.43 Å². The number of carbonyl (C=O) groups excluding carboxylic acids is 1. The molecule has 130 valence electrons. The molecule has 0 fully saturated rings. The van der Waals surface area contributed by atoms with Gasteiger partial charge in [0.05, 0.1) is 6.61 Å². The number of nitrogens with one attached hydrogen (secondary N) is 2. The van der Waals surface area contributed by atoms with E-state index in [9.17, 15) is 9.18 Å². The molecule has 0 aromatic heterocycles. The van der Waals surface area contributed by atoms with Crippen molar-refractivity contribution in [1.29, 1.82) is 0 Å². The number of amides is 2. The van der Waals surface area contributed by atoms with Crippen LogP contribution in [0.4, 0.5) is 14.9 Å². The molecule has 0 saturated heterocycles. The van der Waals surface area contributed by atoms with E-state index >= 15 is 0 Å². The number of benzene rings is 2. The third kappa shape index (κ3) is 4.59. The van der Waals surface area contributed by atoms with Gasteiger partial charge >= 0.3 is 138 Å². The number of nitrogens with zero attached hydrogens (tertiary/aromatic N) is 1. The molecule has 0 spiro atoms. The van der Waals surface area contributed by atoms with Gasteiger partial charge in [0.25, 0.3) is 0 Å². The van der Waals surface area contributed by atoms with Crippen LogP contribution < -0.4 is 19.9 Å². The van der Waals surface area contributed by atoms with Crippen molar-refractivity contribution in [3.05, 3.63) is 53.8 Å². The van der Waals surface area contributed by atoms with Gasteiger partial charge in [0.15, 0.2) is 0 Å². The molecule has 0 bridgehead atoms. The van der Waals surface area contributed by atoms with Crippen LogP contribution in [-0.2, 0) is 0 Å². The predicted octanol–water partition coefficient (Wildman–Crippen LogP) is 2.90. The first-order valence-electron chi connectivity index (χ1n) is 7.95. The van der Waals surface area contributed by atoms with E-state index in [-0.39, 0.29) is 5.82 Å². The molecule has 2 aromatic carbocycles. The van der Waals surface area contributed by atoms with E-state index in [0.29, 0.717) is 33.0 Å². The third-order valence-corrected chi connectivity index (χ3v) is 5.82. The molecule has 0 saturated carbocycles. The van der Waals surface area contributed by atoms with E-state index in [0.717, 1.165) is 27.5 Å². The summed E-state index contributed by atoms with van der Waals surface area (Å²) < 4.78 is 20.0. The summed E-state index contributed by atoms with van der Waals surface area (Å²) in [4.78, 5) is 12.0. The van der Waals surface area contributed by atoms with Crippen molar-refractivity contribution in [3.8, 4) is 5.75 Å². The maximum atomic E-state index is 13.5. The molecule has 2 aromatic rings. The van der Waals surface area contributed by atoms with Crippen LogP contribution in [-0.4, -0.2) is 33.3 Å². The Bertz CT molecular complexity index is 793. The number of halogens is 1. The predicted molar refractivity (Wildman–Crippen MR) is 97.5 cm³/mol. The fourth-order valence-corrected chi connectivity index (χ4v) is 4.56. The second-order valence-electron chi connectivity index (χ2n) is 5.32. The van der Waals surface area contributed by atoms with Crippen molar-refractivity contribution < 1.29 is 13.9 Å². The molecule has 2 amide bonds.